The highest BCUT2D eigenvalue weighted by molar-refractivity contribution is 6.09. The summed E-state index contributed by atoms with van der Waals surface area (Å²) in [5.74, 6) is 0.498. The highest BCUT2D eigenvalue weighted by Gasteiger charge is 2.25. The summed E-state index contributed by atoms with van der Waals surface area (Å²) in [7, 11) is 0. The number of aryl methyl sites for hydroxylation is 1. The number of ether oxygens (including phenoxy) is 1. The molecule has 2 amide bonds. The van der Waals surface area contributed by atoms with E-state index in [0.29, 0.717) is 30.8 Å². The molecule has 0 aromatic heterocycles. The average Bonchev–Trinajstić information content (AvgIpc) is 2.82. The fourth-order valence-corrected chi connectivity index (χ4v) is 3.46. The van der Waals surface area contributed by atoms with Crippen LogP contribution in [0.2, 0.25) is 0 Å². The Kier molecular flexibility index (Phi) is 4.98. The quantitative estimate of drug-likeness (QED) is 0.693. The molecule has 1 N–H and O–H groups in total. The van der Waals surface area contributed by atoms with Crippen molar-refractivity contribution < 1.29 is 14.3 Å². The maximum absolute atomic E-state index is 12.5. The van der Waals surface area contributed by atoms with Crippen LogP contribution in [0.1, 0.15) is 22.3 Å². The van der Waals surface area contributed by atoms with Gasteiger partial charge < -0.3 is 15.0 Å². The van der Waals surface area contributed by atoms with Gasteiger partial charge in [-0.05, 0) is 48.4 Å². The Morgan fingerprint density at radius 2 is 1.82 bits per heavy atom. The molecule has 0 saturated heterocycles. The molecule has 5 nitrogen and oxygen atoms in total. The van der Waals surface area contributed by atoms with Crippen molar-refractivity contribution in [2.45, 2.75) is 13.3 Å². The number of fused-ring (bicyclic) bond motifs is 2. The summed E-state index contributed by atoms with van der Waals surface area (Å²) in [6.45, 7) is 2.93. The van der Waals surface area contributed by atoms with E-state index in [9.17, 15) is 9.59 Å². The second kappa shape index (κ2) is 7.72. The van der Waals surface area contributed by atoms with E-state index in [1.54, 1.807) is 4.90 Å². The highest BCUT2D eigenvalue weighted by atomic mass is 16.5. The van der Waals surface area contributed by atoms with Gasteiger partial charge in [-0.2, -0.15) is 0 Å². The molecule has 0 bridgehead atoms. The van der Waals surface area contributed by atoms with Gasteiger partial charge in [-0.1, -0.05) is 42.0 Å². The Balaban J connectivity index is 1.43. The van der Waals surface area contributed by atoms with Crippen molar-refractivity contribution in [3.8, 4) is 5.75 Å². The number of carbonyl (C=O) groups is 2. The van der Waals surface area contributed by atoms with Crippen LogP contribution < -0.4 is 15.0 Å². The maximum Gasteiger partial charge on any atom is 0.253 e. The van der Waals surface area contributed by atoms with Crippen molar-refractivity contribution in [3.05, 3.63) is 71.8 Å². The van der Waals surface area contributed by atoms with Gasteiger partial charge in [-0.15, -0.1) is 0 Å². The molecule has 0 spiro atoms. The topological polar surface area (TPSA) is 58.6 Å². The Bertz CT molecular complexity index is 1040. The number of carbonyl (C=O) groups excluding carboxylic acids is 2. The Hall–Kier alpha value is -3.34. The molecule has 0 saturated carbocycles. The SMILES string of the molecule is Cc1ccc2c(c1)C(=O)NCC(=O)N2CCCOc1ccc2ccccc2c1. The molecule has 1 aliphatic rings. The molecule has 3 aromatic carbocycles. The third-order valence-corrected chi connectivity index (χ3v) is 4.90. The lowest BCUT2D eigenvalue weighted by Crippen LogP contribution is -2.37. The molecule has 0 unspecified atom stereocenters. The predicted molar refractivity (Wildman–Crippen MR) is 110 cm³/mol. The first-order valence-corrected chi connectivity index (χ1v) is 9.43. The second-order valence-electron chi connectivity index (χ2n) is 6.96. The first-order chi connectivity index (χ1) is 13.6. The van der Waals surface area contributed by atoms with E-state index < -0.39 is 0 Å². The standard InChI is InChI=1S/C23H22N2O3/c1-16-7-10-21-20(13-16)23(27)24-15-22(26)25(21)11-4-12-28-19-9-8-17-5-2-3-6-18(17)14-19/h2-3,5-10,13-14H,4,11-12,15H2,1H3,(H,24,27). The molecule has 0 fully saturated rings. The lowest BCUT2D eigenvalue weighted by atomic mass is 10.1. The second-order valence-corrected chi connectivity index (χ2v) is 6.96. The van der Waals surface area contributed by atoms with Crippen molar-refractivity contribution in [2.24, 2.45) is 0 Å². The fourth-order valence-electron chi connectivity index (χ4n) is 3.46. The van der Waals surface area contributed by atoms with Crippen LogP contribution in [0, 0.1) is 6.92 Å². The van der Waals surface area contributed by atoms with Crippen LogP contribution in [-0.4, -0.2) is 31.5 Å². The highest BCUT2D eigenvalue weighted by Crippen LogP contribution is 2.25. The summed E-state index contributed by atoms with van der Waals surface area (Å²) < 4.78 is 5.88. The summed E-state index contributed by atoms with van der Waals surface area (Å²) in [6.07, 6.45) is 0.667. The van der Waals surface area contributed by atoms with E-state index in [1.165, 1.54) is 5.39 Å². The molecule has 0 aliphatic carbocycles. The van der Waals surface area contributed by atoms with E-state index in [0.717, 1.165) is 16.7 Å². The summed E-state index contributed by atoms with van der Waals surface area (Å²) in [5.41, 5.74) is 2.19. The van der Waals surface area contributed by atoms with Crippen molar-refractivity contribution in [1.82, 2.24) is 5.32 Å². The first-order valence-electron chi connectivity index (χ1n) is 9.43. The van der Waals surface area contributed by atoms with Gasteiger partial charge in [0.05, 0.1) is 24.4 Å². The minimum absolute atomic E-state index is 0.0120. The molecule has 5 heteroatoms. The largest absolute Gasteiger partial charge is 0.494 e. The van der Waals surface area contributed by atoms with E-state index in [4.69, 9.17) is 4.74 Å². The molecule has 0 radical (unpaired) electrons. The summed E-state index contributed by atoms with van der Waals surface area (Å²) in [5, 5.41) is 4.99. The van der Waals surface area contributed by atoms with Gasteiger partial charge >= 0.3 is 0 Å². The predicted octanol–water partition coefficient (Wildman–Crippen LogP) is 3.69. The maximum atomic E-state index is 12.5. The van der Waals surface area contributed by atoms with Gasteiger partial charge in [-0.3, -0.25) is 9.59 Å². The zero-order valence-corrected chi connectivity index (χ0v) is 15.8. The third-order valence-electron chi connectivity index (χ3n) is 4.90. The Morgan fingerprint density at radius 3 is 2.68 bits per heavy atom. The van der Waals surface area contributed by atoms with Crippen LogP contribution in [0.3, 0.4) is 0 Å². The van der Waals surface area contributed by atoms with Gasteiger partial charge in [0.2, 0.25) is 5.91 Å². The van der Waals surface area contributed by atoms with Crippen LogP contribution in [0.15, 0.2) is 60.7 Å². The molecule has 0 atom stereocenters. The number of benzene rings is 3. The monoisotopic (exact) mass is 374 g/mol. The minimum Gasteiger partial charge on any atom is -0.494 e. The van der Waals surface area contributed by atoms with Crippen LogP contribution in [0.25, 0.3) is 10.8 Å². The Morgan fingerprint density at radius 1 is 1.00 bits per heavy atom. The number of hydrogen-bond acceptors (Lipinski definition) is 3. The molecule has 1 aliphatic heterocycles. The number of nitrogens with zero attached hydrogens (tertiary/aromatic N) is 1. The van der Waals surface area contributed by atoms with E-state index in [1.807, 2.05) is 55.5 Å². The summed E-state index contributed by atoms with van der Waals surface area (Å²) in [6, 6.07) is 19.7. The lowest BCUT2D eigenvalue weighted by molar-refractivity contribution is -0.117. The van der Waals surface area contributed by atoms with Crippen molar-refractivity contribution in [1.29, 1.82) is 0 Å². The minimum atomic E-state index is -0.207. The van der Waals surface area contributed by atoms with Crippen LogP contribution in [0.4, 0.5) is 5.69 Å². The number of amides is 2. The van der Waals surface area contributed by atoms with E-state index in [-0.39, 0.29) is 18.4 Å². The van der Waals surface area contributed by atoms with Gasteiger partial charge in [0.1, 0.15) is 5.75 Å². The molecular formula is C23H22N2O3. The zero-order chi connectivity index (χ0) is 19.5. The van der Waals surface area contributed by atoms with Gasteiger partial charge in [-0.25, -0.2) is 0 Å². The number of anilines is 1. The number of rotatable bonds is 5. The van der Waals surface area contributed by atoms with Gasteiger partial charge in [0, 0.05) is 6.54 Å². The lowest BCUT2D eigenvalue weighted by Gasteiger charge is -2.22. The number of hydrogen-bond donors (Lipinski definition) is 1. The van der Waals surface area contributed by atoms with Crippen LogP contribution in [-0.2, 0) is 4.79 Å². The smallest absolute Gasteiger partial charge is 0.253 e. The molecule has 4 rings (SSSR count). The third kappa shape index (κ3) is 3.69. The molecular weight excluding hydrogens is 352 g/mol. The zero-order valence-electron chi connectivity index (χ0n) is 15.8. The van der Waals surface area contributed by atoms with Gasteiger partial charge in [0.15, 0.2) is 0 Å². The molecule has 1 heterocycles. The summed E-state index contributed by atoms with van der Waals surface area (Å²) in [4.78, 5) is 26.4. The van der Waals surface area contributed by atoms with Gasteiger partial charge in [0.25, 0.3) is 5.91 Å². The molecule has 28 heavy (non-hydrogen) atoms. The van der Waals surface area contributed by atoms with Crippen LogP contribution in [0.5, 0.6) is 5.75 Å². The number of nitrogens with one attached hydrogen (secondary N) is 1. The fraction of sp³-hybridized carbons (Fsp3) is 0.217. The first kappa shape index (κ1) is 18.0. The summed E-state index contributed by atoms with van der Waals surface area (Å²) >= 11 is 0. The van der Waals surface area contributed by atoms with Crippen LogP contribution >= 0.6 is 0 Å². The Labute approximate surface area is 163 Å². The van der Waals surface area contributed by atoms with Crippen molar-refractivity contribution in [3.63, 3.8) is 0 Å². The normalized spacial score (nSPS) is 13.8. The van der Waals surface area contributed by atoms with E-state index in [2.05, 4.69) is 17.4 Å². The average molecular weight is 374 g/mol. The molecule has 142 valence electrons. The van der Waals surface area contributed by atoms with Crippen molar-refractivity contribution in [2.75, 3.05) is 24.6 Å². The van der Waals surface area contributed by atoms with Crippen molar-refractivity contribution >= 4 is 28.3 Å². The molecule has 3 aromatic rings. The van der Waals surface area contributed by atoms with E-state index >= 15 is 0 Å².